The summed E-state index contributed by atoms with van der Waals surface area (Å²) >= 11 is 0. The molecule has 0 aliphatic carbocycles. The van der Waals surface area contributed by atoms with Crippen molar-refractivity contribution in [3.8, 4) is 29.2 Å². The van der Waals surface area contributed by atoms with Crippen LogP contribution in [0.25, 0.3) is 11.1 Å². The molecular formula is C36H46O6Si. The van der Waals surface area contributed by atoms with Crippen molar-refractivity contribution in [2.75, 3.05) is 13.7 Å². The molecule has 3 aromatic carbocycles. The van der Waals surface area contributed by atoms with Crippen molar-refractivity contribution in [1.29, 1.82) is 0 Å². The van der Waals surface area contributed by atoms with E-state index in [4.69, 9.17) is 29.8 Å². The quantitative estimate of drug-likeness (QED) is 0.183. The van der Waals surface area contributed by atoms with E-state index in [-0.39, 0.29) is 11.6 Å². The van der Waals surface area contributed by atoms with Crippen LogP contribution in [0.3, 0.4) is 0 Å². The van der Waals surface area contributed by atoms with Crippen molar-refractivity contribution in [3.05, 3.63) is 90.0 Å². The second-order valence-corrected chi connectivity index (χ2v) is 17.8. The number of aliphatic hydroxyl groups is 1. The van der Waals surface area contributed by atoms with Gasteiger partial charge in [0.05, 0.1) is 13.7 Å². The molecule has 43 heavy (non-hydrogen) atoms. The molecular weight excluding hydrogens is 556 g/mol. The summed E-state index contributed by atoms with van der Waals surface area (Å²) in [5.74, 6) is 2.67. The largest absolute Gasteiger partial charge is 0.497 e. The molecule has 0 unspecified atom stereocenters. The highest BCUT2D eigenvalue weighted by Gasteiger charge is 2.51. The highest BCUT2D eigenvalue weighted by atomic mass is 28.4. The Hall–Kier alpha value is -2.96. The van der Waals surface area contributed by atoms with E-state index in [1.165, 1.54) is 0 Å². The minimum absolute atomic E-state index is 0.0117. The highest BCUT2D eigenvalue weighted by Crippen LogP contribution is 2.40. The molecule has 3 aromatic rings. The van der Waals surface area contributed by atoms with E-state index in [2.05, 4.69) is 64.1 Å². The van der Waals surface area contributed by atoms with Gasteiger partial charge < -0.3 is 28.5 Å². The molecule has 0 amide bonds. The van der Waals surface area contributed by atoms with Crippen LogP contribution in [-0.4, -0.2) is 57.3 Å². The first-order valence-corrected chi connectivity index (χ1v) is 17.7. The number of methoxy groups -OCH3 is 1. The topological polar surface area (TPSA) is 66.4 Å². The molecule has 1 N–H and O–H groups in total. The minimum Gasteiger partial charge on any atom is -0.497 e. The first kappa shape index (κ1) is 32.9. The smallest absolute Gasteiger partial charge is 0.193 e. The third kappa shape index (κ3) is 7.96. The maximum absolute atomic E-state index is 11.5. The summed E-state index contributed by atoms with van der Waals surface area (Å²) in [5.41, 5.74) is 4.13. The van der Waals surface area contributed by atoms with Crippen molar-refractivity contribution in [1.82, 2.24) is 0 Å². The zero-order valence-corrected chi connectivity index (χ0v) is 27.7. The van der Waals surface area contributed by atoms with Crippen molar-refractivity contribution < 1.29 is 28.5 Å². The van der Waals surface area contributed by atoms with Crippen LogP contribution >= 0.6 is 0 Å². The summed E-state index contributed by atoms with van der Waals surface area (Å²) in [4.78, 5) is 0. The first-order chi connectivity index (χ1) is 20.2. The second kappa shape index (κ2) is 13.4. The van der Waals surface area contributed by atoms with Crippen LogP contribution in [0.4, 0.5) is 0 Å². The third-order valence-electron chi connectivity index (χ3n) is 8.41. The van der Waals surface area contributed by atoms with Gasteiger partial charge in [0.15, 0.2) is 14.1 Å². The second-order valence-electron chi connectivity index (χ2n) is 13.1. The Bertz CT molecular complexity index is 1360. The molecule has 1 saturated heterocycles. The zero-order chi connectivity index (χ0) is 31.4. The van der Waals surface area contributed by atoms with Crippen molar-refractivity contribution in [2.24, 2.45) is 0 Å². The summed E-state index contributed by atoms with van der Waals surface area (Å²) in [6.45, 7) is 14.4. The van der Waals surface area contributed by atoms with Crippen LogP contribution < -0.4 is 4.74 Å². The molecule has 5 atom stereocenters. The van der Waals surface area contributed by atoms with Crippen molar-refractivity contribution in [3.63, 3.8) is 0 Å². The van der Waals surface area contributed by atoms with Crippen LogP contribution in [0.5, 0.6) is 5.75 Å². The maximum Gasteiger partial charge on any atom is 0.193 e. The normalized spacial score (nSPS) is 20.7. The average Bonchev–Trinajstić information content (AvgIpc) is 3.31. The predicted molar refractivity (Wildman–Crippen MR) is 173 cm³/mol. The van der Waals surface area contributed by atoms with Gasteiger partial charge in [0.25, 0.3) is 0 Å². The number of terminal acetylenes is 1. The summed E-state index contributed by atoms with van der Waals surface area (Å²) in [6.07, 6.45) is 2.54. The van der Waals surface area contributed by atoms with Gasteiger partial charge in [-0.25, -0.2) is 0 Å². The van der Waals surface area contributed by atoms with Crippen molar-refractivity contribution >= 4 is 8.32 Å². The molecule has 0 radical (unpaired) electrons. The van der Waals surface area contributed by atoms with E-state index in [0.717, 1.165) is 28.0 Å². The number of hydrogen-bond acceptors (Lipinski definition) is 6. The lowest BCUT2D eigenvalue weighted by Gasteiger charge is -2.40. The van der Waals surface area contributed by atoms with Gasteiger partial charge in [0.1, 0.15) is 36.3 Å². The van der Waals surface area contributed by atoms with Gasteiger partial charge in [-0.3, -0.25) is 0 Å². The molecule has 1 aliphatic rings. The Kier molecular flexibility index (Phi) is 10.2. The van der Waals surface area contributed by atoms with Gasteiger partial charge in [-0.2, -0.15) is 0 Å². The van der Waals surface area contributed by atoms with Crippen LogP contribution in [0.1, 0.15) is 51.8 Å². The number of aliphatic hydroxyl groups excluding tert-OH is 1. The van der Waals surface area contributed by atoms with E-state index < -0.39 is 44.6 Å². The van der Waals surface area contributed by atoms with E-state index >= 15 is 0 Å². The molecule has 4 rings (SSSR count). The number of ether oxygens (including phenoxy) is 4. The van der Waals surface area contributed by atoms with Gasteiger partial charge in [0, 0.05) is 0 Å². The summed E-state index contributed by atoms with van der Waals surface area (Å²) < 4.78 is 30.8. The Morgan fingerprint density at radius 3 is 1.95 bits per heavy atom. The summed E-state index contributed by atoms with van der Waals surface area (Å²) in [6, 6.07) is 26.2. The maximum atomic E-state index is 11.5. The lowest BCUT2D eigenvalue weighted by Crippen LogP contribution is -2.51. The number of hydrogen-bond donors (Lipinski definition) is 1. The fourth-order valence-electron chi connectivity index (χ4n) is 4.98. The van der Waals surface area contributed by atoms with E-state index in [1.54, 1.807) is 7.11 Å². The Labute approximate surface area is 258 Å². The van der Waals surface area contributed by atoms with E-state index in [0.29, 0.717) is 0 Å². The molecule has 7 heteroatoms. The zero-order valence-electron chi connectivity index (χ0n) is 26.7. The van der Waals surface area contributed by atoms with Gasteiger partial charge in [-0.15, -0.1) is 6.42 Å². The van der Waals surface area contributed by atoms with E-state index in [9.17, 15) is 5.11 Å². The average molecular weight is 603 g/mol. The Balaban J connectivity index is 1.54. The SMILES string of the molecule is C#C[C@@H](O[Si](C)(C)C(C)(C)C)[C@@H]1OC(C)(C)O[C@@H]1[C@H](O)CO[C@H](c1ccccc1)c1ccc(-c2ccc(OC)cc2)cc1. The summed E-state index contributed by atoms with van der Waals surface area (Å²) in [5, 5.41) is 11.4. The first-order valence-electron chi connectivity index (χ1n) is 14.8. The molecule has 0 aromatic heterocycles. The van der Waals surface area contributed by atoms with Crippen LogP contribution in [0.15, 0.2) is 78.9 Å². The van der Waals surface area contributed by atoms with Crippen LogP contribution in [-0.2, 0) is 18.6 Å². The lowest BCUT2D eigenvalue weighted by atomic mass is 9.97. The lowest BCUT2D eigenvalue weighted by molar-refractivity contribution is -0.162. The molecule has 1 aliphatic heterocycles. The predicted octanol–water partition coefficient (Wildman–Crippen LogP) is 7.37. The minimum atomic E-state index is -2.22. The Morgan fingerprint density at radius 2 is 1.42 bits per heavy atom. The third-order valence-corrected chi connectivity index (χ3v) is 12.9. The molecule has 0 bridgehead atoms. The standard InChI is InChI=1S/C36H46O6Si/c1-10-31(42-43(8,9)35(2,3)4)34-33(40-36(5,6)41-34)30(37)24-39-32(27-14-12-11-13-15-27)28-18-16-25(17-19-28)26-20-22-29(38-7)23-21-26/h1,11-23,30-34,37H,24H2,2-9H3/t30-,31-,32-,33-,34+/m1/s1. The van der Waals surface area contributed by atoms with E-state index in [1.807, 2.05) is 68.4 Å². The fourth-order valence-corrected chi connectivity index (χ4v) is 6.17. The summed E-state index contributed by atoms with van der Waals surface area (Å²) in [7, 11) is -0.563. The molecule has 230 valence electrons. The van der Waals surface area contributed by atoms with Crippen LogP contribution in [0, 0.1) is 12.3 Å². The molecule has 6 nitrogen and oxygen atoms in total. The fraction of sp³-hybridized carbons (Fsp3) is 0.444. The van der Waals surface area contributed by atoms with Crippen molar-refractivity contribution in [2.45, 2.75) is 89.1 Å². The highest BCUT2D eigenvalue weighted by molar-refractivity contribution is 6.74. The monoisotopic (exact) mass is 602 g/mol. The number of benzene rings is 3. The Morgan fingerprint density at radius 1 is 0.884 bits per heavy atom. The number of rotatable bonds is 11. The van der Waals surface area contributed by atoms with Crippen LogP contribution in [0.2, 0.25) is 18.1 Å². The van der Waals surface area contributed by atoms with Gasteiger partial charge >= 0.3 is 0 Å². The van der Waals surface area contributed by atoms with Gasteiger partial charge in [-0.1, -0.05) is 93.4 Å². The van der Waals surface area contributed by atoms with Gasteiger partial charge in [0.2, 0.25) is 0 Å². The molecule has 0 saturated carbocycles. The molecule has 1 fully saturated rings. The molecule has 0 spiro atoms. The van der Waals surface area contributed by atoms with Gasteiger partial charge in [-0.05, 0) is 66.4 Å². The molecule has 1 heterocycles.